The lowest BCUT2D eigenvalue weighted by Gasteiger charge is -2.34. The molecule has 0 N–H and O–H groups in total. The van der Waals surface area contributed by atoms with E-state index in [0.29, 0.717) is 12.3 Å². The zero-order valence-electron chi connectivity index (χ0n) is 16.9. The molecule has 0 saturated carbocycles. The Labute approximate surface area is 161 Å². The molecule has 0 aliphatic carbocycles. The van der Waals surface area contributed by atoms with Gasteiger partial charge in [0.2, 0.25) is 11.9 Å². The molecule has 2 aromatic rings. The van der Waals surface area contributed by atoms with Crippen molar-refractivity contribution in [1.82, 2.24) is 24.6 Å². The van der Waals surface area contributed by atoms with Crippen LogP contribution in [0.2, 0.25) is 0 Å². The van der Waals surface area contributed by atoms with Gasteiger partial charge in [-0.2, -0.15) is 5.10 Å². The van der Waals surface area contributed by atoms with Gasteiger partial charge in [-0.25, -0.2) is 9.97 Å². The van der Waals surface area contributed by atoms with Crippen molar-refractivity contribution in [1.29, 1.82) is 0 Å². The first-order chi connectivity index (χ1) is 13.0. The lowest BCUT2D eigenvalue weighted by molar-refractivity contribution is -0.131. The molecule has 0 spiro atoms. The summed E-state index contributed by atoms with van der Waals surface area (Å²) in [4.78, 5) is 25.3. The lowest BCUT2D eigenvalue weighted by Crippen LogP contribution is -2.49. The Bertz CT molecular complexity index is 762. The van der Waals surface area contributed by atoms with Crippen molar-refractivity contribution >= 4 is 11.9 Å². The molecule has 3 heterocycles. The Hall–Kier alpha value is -2.44. The van der Waals surface area contributed by atoms with Crippen LogP contribution in [0.4, 0.5) is 5.95 Å². The van der Waals surface area contributed by atoms with E-state index in [9.17, 15) is 4.79 Å². The van der Waals surface area contributed by atoms with E-state index >= 15 is 0 Å². The molecular weight excluding hydrogens is 340 g/mol. The van der Waals surface area contributed by atoms with E-state index in [1.807, 2.05) is 17.9 Å². The maximum atomic E-state index is 12.7. The summed E-state index contributed by atoms with van der Waals surface area (Å²) in [5, 5.41) is 4.66. The number of rotatable bonds is 6. The Kier molecular flexibility index (Phi) is 6.08. The van der Waals surface area contributed by atoms with Crippen molar-refractivity contribution in [3.63, 3.8) is 0 Å². The highest BCUT2D eigenvalue weighted by molar-refractivity contribution is 5.76. The highest BCUT2D eigenvalue weighted by atomic mass is 16.2. The summed E-state index contributed by atoms with van der Waals surface area (Å²) < 4.78 is 2.08. The van der Waals surface area contributed by atoms with Gasteiger partial charge in [-0.05, 0) is 37.8 Å². The average Bonchev–Trinajstić information content (AvgIpc) is 2.93. The fourth-order valence-corrected chi connectivity index (χ4v) is 3.62. The third kappa shape index (κ3) is 4.64. The number of amides is 1. The second-order valence-electron chi connectivity index (χ2n) is 7.64. The van der Waals surface area contributed by atoms with E-state index in [2.05, 4.69) is 45.4 Å². The molecule has 0 unspecified atom stereocenters. The minimum atomic E-state index is 0.221. The number of piperazine rings is 1. The maximum absolute atomic E-state index is 12.7. The summed E-state index contributed by atoms with van der Waals surface area (Å²) in [7, 11) is 0. The Morgan fingerprint density at radius 3 is 2.41 bits per heavy atom. The van der Waals surface area contributed by atoms with Gasteiger partial charge < -0.3 is 9.80 Å². The quantitative estimate of drug-likeness (QED) is 0.780. The molecule has 0 radical (unpaired) electrons. The SMILES string of the molecule is Cc1nn(CC(C)C)c(C)c1CCC(=O)N1CCN(c2ncccn2)CC1. The number of hydrogen-bond donors (Lipinski definition) is 0. The van der Waals surface area contributed by atoms with Gasteiger partial charge in [0, 0.05) is 57.2 Å². The summed E-state index contributed by atoms with van der Waals surface area (Å²) in [6, 6.07) is 1.82. The van der Waals surface area contributed by atoms with Gasteiger partial charge in [0.05, 0.1) is 5.69 Å². The van der Waals surface area contributed by atoms with Gasteiger partial charge >= 0.3 is 0 Å². The van der Waals surface area contributed by atoms with E-state index < -0.39 is 0 Å². The summed E-state index contributed by atoms with van der Waals surface area (Å²) in [5.74, 6) is 1.52. The summed E-state index contributed by atoms with van der Waals surface area (Å²) >= 11 is 0. The predicted octanol–water partition coefficient (Wildman–Crippen LogP) is 2.23. The van der Waals surface area contributed by atoms with Gasteiger partial charge in [0.1, 0.15) is 0 Å². The highest BCUT2D eigenvalue weighted by Crippen LogP contribution is 2.18. The van der Waals surface area contributed by atoms with Crippen LogP contribution in [0, 0.1) is 19.8 Å². The molecule has 1 amide bonds. The molecule has 146 valence electrons. The van der Waals surface area contributed by atoms with Crippen molar-refractivity contribution in [2.45, 2.75) is 47.1 Å². The summed E-state index contributed by atoms with van der Waals surface area (Å²) in [5.41, 5.74) is 3.47. The fourth-order valence-electron chi connectivity index (χ4n) is 3.62. The van der Waals surface area contributed by atoms with Crippen LogP contribution < -0.4 is 4.90 Å². The van der Waals surface area contributed by atoms with E-state index in [0.717, 1.165) is 50.8 Å². The molecule has 1 aliphatic rings. The van der Waals surface area contributed by atoms with Gasteiger partial charge in [0.25, 0.3) is 0 Å². The van der Waals surface area contributed by atoms with E-state index in [4.69, 9.17) is 0 Å². The lowest BCUT2D eigenvalue weighted by atomic mass is 10.1. The molecular formula is C20H30N6O. The molecule has 0 aromatic carbocycles. The second-order valence-corrected chi connectivity index (χ2v) is 7.64. The van der Waals surface area contributed by atoms with Gasteiger partial charge in [0.15, 0.2) is 0 Å². The van der Waals surface area contributed by atoms with Crippen LogP contribution in [-0.2, 0) is 17.8 Å². The first kappa shape index (κ1) is 19.3. The molecule has 2 aromatic heterocycles. The van der Waals surface area contributed by atoms with E-state index in [1.54, 1.807) is 12.4 Å². The van der Waals surface area contributed by atoms with Crippen LogP contribution >= 0.6 is 0 Å². The van der Waals surface area contributed by atoms with Gasteiger partial charge in [-0.1, -0.05) is 13.8 Å². The zero-order valence-corrected chi connectivity index (χ0v) is 16.9. The Morgan fingerprint density at radius 1 is 1.11 bits per heavy atom. The third-order valence-corrected chi connectivity index (χ3v) is 5.13. The minimum absolute atomic E-state index is 0.221. The van der Waals surface area contributed by atoms with E-state index in [1.165, 1.54) is 11.3 Å². The smallest absolute Gasteiger partial charge is 0.225 e. The number of anilines is 1. The molecule has 1 fully saturated rings. The van der Waals surface area contributed by atoms with E-state index in [-0.39, 0.29) is 5.91 Å². The van der Waals surface area contributed by atoms with Crippen LogP contribution in [-0.4, -0.2) is 56.7 Å². The summed E-state index contributed by atoms with van der Waals surface area (Å²) in [6.07, 6.45) is 4.81. The monoisotopic (exact) mass is 370 g/mol. The Balaban J connectivity index is 1.53. The molecule has 7 nitrogen and oxygen atoms in total. The first-order valence-electron chi connectivity index (χ1n) is 9.78. The third-order valence-electron chi connectivity index (χ3n) is 5.13. The van der Waals surface area contributed by atoms with Gasteiger partial charge in [-0.3, -0.25) is 9.48 Å². The highest BCUT2D eigenvalue weighted by Gasteiger charge is 2.23. The van der Waals surface area contributed by atoms with Crippen LogP contribution in [0.3, 0.4) is 0 Å². The second kappa shape index (κ2) is 8.50. The number of carbonyl (C=O) groups excluding carboxylic acids is 1. The number of aromatic nitrogens is 4. The Morgan fingerprint density at radius 2 is 1.78 bits per heavy atom. The van der Waals surface area contributed by atoms with Crippen LogP contribution in [0.5, 0.6) is 0 Å². The van der Waals surface area contributed by atoms with Crippen molar-refractivity contribution in [2.24, 2.45) is 5.92 Å². The molecule has 1 aliphatic heterocycles. The average molecular weight is 371 g/mol. The number of carbonyl (C=O) groups is 1. The number of nitrogens with zero attached hydrogens (tertiary/aromatic N) is 6. The van der Waals surface area contributed by atoms with Gasteiger partial charge in [-0.15, -0.1) is 0 Å². The summed E-state index contributed by atoms with van der Waals surface area (Å²) in [6.45, 7) is 12.5. The fraction of sp³-hybridized carbons (Fsp3) is 0.600. The van der Waals surface area contributed by atoms with Crippen molar-refractivity contribution in [3.05, 3.63) is 35.4 Å². The normalized spacial score (nSPS) is 14.9. The topological polar surface area (TPSA) is 67.2 Å². The molecule has 0 atom stereocenters. The first-order valence-corrected chi connectivity index (χ1v) is 9.78. The molecule has 0 bridgehead atoms. The molecule has 7 heteroatoms. The molecule has 1 saturated heterocycles. The van der Waals surface area contributed by atoms with Crippen LogP contribution in [0.15, 0.2) is 18.5 Å². The molecule has 27 heavy (non-hydrogen) atoms. The minimum Gasteiger partial charge on any atom is -0.339 e. The van der Waals surface area contributed by atoms with Crippen molar-refractivity contribution in [3.8, 4) is 0 Å². The largest absolute Gasteiger partial charge is 0.339 e. The predicted molar refractivity (Wildman–Crippen MR) is 106 cm³/mol. The van der Waals surface area contributed by atoms with Crippen molar-refractivity contribution in [2.75, 3.05) is 31.1 Å². The maximum Gasteiger partial charge on any atom is 0.225 e. The number of aryl methyl sites for hydroxylation is 1. The van der Waals surface area contributed by atoms with Crippen molar-refractivity contribution < 1.29 is 4.79 Å². The zero-order chi connectivity index (χ0) is 19.4. The van der Waals surface area contributed by atoms with Crippen LogP contribution in [0.1, 0.15) is 37.2 Å². The number of hydrogen-bond acceptors (Lipinski definition) is 5. The molecule has 3 rings (SSSR count). The standard InChI is InChI=1S/C20H30N6O/c1-15(2)14-26-17(4)18(16(3)23-26)6-7-19(27)24-10-12-25(13-11-24)20-21-8-5-9-22-20/h5,8-9,15H,6-7,10-14H2,1-4H3. The van der Waals surface area contributed by atoms with Crippen LogP contribution in [0.25, 0.3) is 0 Å².